The monoisotopic (exact) mass is 425 g/mol. The summed E-state index contributed by atoms with van der Waals surface area (Å²) in [6, 6.07) is 10.7. The second-order valence-corrected chi connectivity index (χ2v) is 6.99. The van der Waals surface area contributed by atoms with E-state index in [0.29, 0.717) is 22.3 Å². The van der Waals surface area contributed by atoms with Gasteiger partial charge in [-0.05, 0) is 48.4 Å². The van der Waals surface area contributed by atoms with Gasteiger partial charge in [-0.2, -0.15) is 0 Å². The Bertz CT molecular complexity index is 895. The summed E-state index contributed by atoms with van der Waals surface area (Å²) in [5.41, 5.74) is 2.83. The number of hydrogen-bond acceptors (Lipinski definition) is 1. The fourth-order valence-corrected chi connectivity index (χ4v) is 3.08. The number of aromatic nitrogens is 1. The minimum Gasteiger partial charge on any atom is -0.361 e. The van der Waals surface area contributed by atoms with Gasteiger partial charge in [0.2, 0.25) is 0 Å². The van der Waals surface area contributed by atoms with Crippen LogP contribution in [-0.4, -0.2) is 17.6 Å². The predicted molar refractivity (Wildman–Crippen MR) is 103 cm³/mol. The van der Waals surface area contributed by atoms with E-state index < -0.39 is 0 Å². The molecule has 0 radical (unpaired) electrons. The molecule has 2 aromatic carbocycles. The van der Waals surface area contributed by atoms with Crippen molar-refractivity contribution in [3.63, 3.8) is 0 Å². The highest BCUT2D eigenvalue weighted by atomic mass is 79.9. The first-order chi connectivity index (χ1) is 11.5. The van der Waals surface area contributed by atoms with Crippen molar-refractivity contribution in [2.75, 3.05) is 11.9 Å². The number of carbonyl (C=O) groups excluding carboxylic acids is 1. The van der Waals surface area contributed by atoms with E-state index in [-0.39, 0.29) is 6.03 Å². The average molecular weight is 427 g/mol. The maximum Gasteiger partial charge on any atom is 0.319 e. The van der Waals surface area contributed by atoms with E-state index in [1.807, 2.05) is 18.3 Å². The van der Waals surface area contributed by atoms with Crippen LogP contribution in [0.1, 0.15) is 5.56 Å². The van der Waals surface area contributed by atoms with Gasteiger partial charge < -0.3 is 15.6 Å². The molecule has 0 aliphatic heterocycles. The molecule has 3 N–H and O–H groups in total. The Balaban J connectivity index is 1.56. The highest BCUT2D eigenvalue weighted by Gasteiger charge is 2.07. The summed E-state index contributed by atoms with van der Waals surface area (Å²) < 4.78 is 1.03. The van der Waals surface area contributed by atoms with Gasteiger partial charge in [-0.1, -0.05) is 39.1 Å². The molecule has 0 aliphatic carbocycles. The number of hydrogen-bond donors (Lipinski definition) is 3. The zero-order valence-corrected chi connectivity index (χ0v) is 15.6. The lowest BCUT2D eigenvalue weighted by atomic mass is 10.1. The molecule has 7 heteroatoms. The van der Waals surface area contributed by atoms with Gasteiger partial charge in [-0.3, -0.25) is 0 Å². The van der Waals surface area contributed by atoms with Crippen LogP contribution in [-0.2, 0) is 6.42 Å². The summed E-state index contributed by atoms with van der Waals surface area (Å²) in [5, 5.41) is 7.56. The van der Waals surface area contributed by atoms with Crippen LogP contribution < -0.4 is 10.6 Å². The highest BCUT2D eigenvalue weighted by molar-refractivity contribution is 9.10. The summed E-state index contributed by atoms with van der Waals surface area (Å²) in [6.45, 7) is 0.520. The van der Waals surface area contributed by atoms with Gasteiger partial charge in [0.25, 0.3) is 0 Å². The normalized spacial score (nSPS) is 10.8. The summed E-state index contributed by atoms with van der Waals surface area (Å²) in [7, 11) is 0. The number of nitrogens with one attached hydrogen (secondary N) is 3. The fraction of sp³-hybridized carbons (Fsp3) is 0.118. The van der Waals surface area contributed by atoms with Crippen LogP contribution in [0.5, 0.6) is 0 Å². The third kappa shape index (κ3) is 4.04. The molecule has 24 heavy (non-hydrogen) atoms. The third-order valence-corrected chi connectivity index (χ3v) is 4.82. The molecule has 0 spiro atoms. The quantitative estimate of drug-likeness (QED) is 0.499. The summed E-state index contributed by atoms with van der Waals surface area (Å²) in [6.07, 6.45) is 2.70. The van der Waals surface area contributed by atoms with Crippen LogP contribution in [0.25, 0.3) is 10.9 Å². The Kier molecular flexibility index (Phi) is 5.33. The standard InChI is InChI=1S/C17H14BrCl2N3O/c18-11-1-4-16-13(7-11)10(9-22-16)5-6-21-17(24)23-12-2-3-14(19)15(20)8-12/h1-4,7-9,22H,5-6H2,(H2,21,23,24). The Labute approximate surface area is 157 Å². The van der Waals surface area contributed by atoms with Crippen LogP contribution in [0.4, 0.5) is 10.5 Å². The first-order valence-electron chi connectivity index (χ1n) is 7.28. The number of halogens is 3. The second-order valence-electron chi connectivity index (χ2n) is 5.26. The van der Waals surface area contributed by atoms with E-state index in [2.05, 4.69) is 37.6 Å². The third-order valence-electron chi connectivity index (χ3n) is 3.59. The van der Waals surface area contributed by atoms with Crippen molar-refractivity contribution >= 4 is 61.8 Å². The van der Waals surface area contributed by atoms with Crippen molar-refractivity contribution in [1.29, 1.82) is 0 Å². The zero-order valence-electron chi connectivity index (χ0n) is 12.5. The molecule has 3 aromatic rings. The Morgan fingerprint density at radius 1 is 1.12 bits per heavy atom. The number of H-pyrrole nitrogens is 1. The molecule has 3 rings (SSSR count). The minimum atomic E-state index is -0.283. The number of aromatic amines is 1. The van der Waals surface area contributed by atoms with Crippen LogP contribution >= 0.6 is 39.1 Å². The lowest BCUT2D eigenvalue weighted by molar-refractivity contribution is 0.252. The SMILES string of the molecule is O=C(NCCc1c[nH]c2ccc(Br)cc12)Nc1ccc(Cl)c(Cl)c1. The summed E-state index contributed by atoms with van der Waals surface area (Å²) in [4.78, 5) is 15.2. The molecule has 2 amide bonds. The Hall–Kier alpha value is -1.69. The number of rotatable bonds is 4. The smallest absolute Gasteiger partial charge is 0.319 e. The van der Waals surface area contributed by atoms with Crippen LogP contribution in [0.2, 0.25) is 10.0 Å². The van der Waals surface area contributed by atoms with E-state index in [9.17, 15) is 4.79 Å². The molecule has 0 atom stereocenters. The van der Waals surface area contributed by atoms with Gasteiger partial charge >= 0.3 is 6.03 Å². The predicted octanol–water partition coefficient (Wildman–Crippen LogP) is 5.60. The molecule has 1 heterocycles. The maximum absolute atomic E-state index is 11.9. The average Bonchev–Trinajstić information content (AvgIpc) is 2.93. The second kappa shape index (κ2) is 7.47. The molecule has 124 valence electrons. The van der Waals surface area contributed by atoms with Gasteiger partial charge in [0.1, 0.15) is 0 Å². The topological polar surface area (TPSA) is 56.9 Å². The molecule has 0 saturated heterocycles. The van der Waals surface area contributed by atoms with Crippen LogP contribution in [0.15, 0.2) is 47.1 Å². The Morgan fingerprint density at radius 3 is 2.75 bits per heavy atom. The van der Waals surface area contributed by atoms with Gasteiger partial charge in [0, 0.05) is 33.8 Å². The van der Waals surface area contributed by atoms with Crippen LogP contribution in [0, 0.1) is 0 Å². The van der Waals surface area contributed by atoms with Crippen molar-refractivity contribution in [1.82, 2.24) is 10.3 Å². The molecule has 1 aromatic heterocycles. The number of urea groups is 1. The van der Waals surface area contributed by atoms with Crippen molar-refractivity contribution in [3.05, 3.63) is 62.7 Å². The maximum atomic E-state index is 11.9. The van der Waals surface area contributed by atoms with Crippen LogP contribution in [0.3, 0.4) is 0 Å². The number of anilines is 1. The molecule has 0 bridgehead atoms. The lowest BCUT2D eigenvalue weighted by Crippen LogP contribution is -2.30. The highest BCUT2D eigenvalue weighted by Crippen LogP contribution is 2.25. The molecule has 0 unspecified atom stereocenters. The lowest BCUT2D eigenvalue weighted by Gasteiger charge is -2.08. The van der Waals surface area contributed by atoms with E-state index in [1.54, 1.807) is 18.2 Å². The number of carbonyl (C=O) groups is 1. The molecule has 0 aliphatic rings. The van der Waals surface area contributed by atoms with Crippen molar-refractivity contribution in [2.24, 2.45) is 0 Å². The van der Waals surface area contributed by atoms with Crippen molar-refractivity contribution < 1.29 is 4.79 Å². The molecular formula is C17H14BrCl2N3O. The summed E-state index contributed by atoms with van der Waals surface area (Å²) in [5.74, 6) is 0. The van der Waals surface area contributed by atoms with E-state index >= 15 is 0 Å². The van der Waals surface area contributed by atoms with Gasteiger partial charge in [0.05, 0.1) is 10.0 Å². The zero-order chi connectivity index (χ0) is 17.1. The van der Waals surface area contributed by atoms with Crippen molar-refractivity contribution in [2.45, 2.75) is 6.42 Å². The number of benzene rings is 2. The largest absolute Gasteiger partial charge is 0.361 e. The minimum absolute atomic E-state index is 0.283. The summed E-state index contributed by atoms with van der Waals surface area (Å²) >= 11 is 15.3. The van der Waals surface area contributed by atoms with E-state index in [4.69, 9.17) is 23.2 Å². The molecule has 0 fully saturated rings. The molecule has 4 nitrogen and oxygen atoms in total. The van der Waals surface area contributed by atoms with Gasteiger partial charge in [0.15, 0.2) is 0 Å². The first kappa shape index (κ1) is 17.1. The number of fused-ring (bicyclic) bond motifs is 1. The van der Waals surface area contributed by atoms with E-state index in [0.717, 1.165) is 27.4 Å². The molecular weight excluding hydrogens is 413 g/mol. The van der Waals surface area contributed by atoms with Crippen molar-refractivity contribution in [3.8, 4) is 0 Å². The number of amides is 2. The fourth-order valence-electron chi connectivity index (χ4n) is 2.42. The Morgan fingerprint density at radius 2 is 1.96 bits per heavy atom. The molecule has 0 saturated carbocycles. The first-order valence-corrected chi connectivity index (χ1v) is 8.83. The van der Waals surface area contributed by atoms with Gasteiger partial charge in [-0.15, -0.1) is 0 Å². The van der Waals surface area contributed by atoms with E-state index in [1.165, 1.54) is 0 Å². The van der Waals surface area contributed by atoms with Gasteiger partial charge in [-0.25, -0.2) is 4.79 Å².